The maximum atomic E-state index is 10.5. The maximum absolute atomic E-state index is 10.5. The van der Waals surface area contributed by atoms with E-state index < -0.39 is 0 Å². The summed E-state index contributed by atoms with van der Waals surface area (Å²) in [5, 5.41) is 10.5. The van der Waals surface area contributed by atoms with Gasteiger partial charge in [0.05, 0.1) is 20.1 Å². The molecule has 4 rings (SSSR count). The quantitative estimate of drug-likeness (QED) is 0.606. The van der Waals surface area contributed by atoms with E-state index in [0.29, 0.717) is 10.8 Å². The normalized spacial score (nSPS) is 67.4. The largest absolute Gasteiger partial charge is 0.344 e. The van der Waals surface area contributed by atoms with E-state index in [2.05, 4.69) is 27.8 Å². The van der Waals surface area contributed by atoms with Crippen LogP contribution in [-0.4, -0.2) is 36.0 Å². The first kappa shape index (κ1) is 10.1. The summed E-state index contributed by atoms with van der Waals surface area (Å²) < 4.78 is 0.906. The van der Waals surface area contributed by atoms with E-state index in [1.807, 2.05) is 0 Å². The van der Waals surface area contributed by atoms with E-state index in [9.17, 15) is 5.11 Å². The molecular weight excluding hydrogens is 186 g/mol. The van der Waals surface area contributed by atoms with Crippen molar-refractivity contribution in [3.63, 3.8) is 0 Å². The van der Waals surface area contributed by atoms with Crippen molar-refractivity contribution in [3.05, 3.63) is 0 Å². The summed E-state index contributed by atoms with van der Waals surface area (Å²) in [6.45, 7) is 9.54. The molecular formula is C13H24NO+. The van der Waals surface area contributed by atoms with Gasteiger partial charge in [-0.2, -0.15) is 0 Å². The van der Waals surface area contributed by atoms with Crippen molar-refractivity contribution in [3.8, 4) is 0 Å². The Morgan fingerprint density at radius 3 is 1.87 bits per heavy atom. The van der Waals surface area contributed by atoms with Gasteiger partial charge in [-0.3, -0.25) is 4.48 Å². The van der Waals surface area contributed by atoms with Crippen LogP contribution in [-0.2, 0) is 0 Å². The molecule has 0 aromatic rings. The van der Waals surface area contributed by atoms with Crippen molar-refractivity contribution in [2.75, 3.05) is 20.1 Å². The van der Waals surface area contributed by atoms with Crippen LogP contribution >= 0.6 is 0 Å². The van der Waals surface area contributed by atoms with E-state index >= 15 is 0 Å². The maximum Gasteiger partial charge on any atom is 0.195 e. The number of aliphatic hydroxyl groups excluding tert-OH is 1. The van der Waals surface area contributed by atoms with E-state index in [1.54, 1.807) is 0 Å². The summed E-state index contributed by atoms with van der Waals surface area (Å²) in [6.07, 6.45) is 3.70. The van der Waals surface area contributed by atoms with E-state index in [-0.39, 0.29) is 11.6 Å². The van der Waals surface area contributed by atoms with Gasteiger partial charge in [-0.25, -0.2) is 0 Å². The first-order valence-corrected chi connectivity index (χ1v) is 6.21. The first-order valence-electron chi connectivity index (χ1n) is 6.21. The minimum Gasteiger partial charge on any atom is -0.344 e. The highest BCUT2D eigenvalue weighted by Crippen LogP contribution is 2.65. The smallest absolute Gasteiger partial charge is 0.195 e. The van der Waals surface area contributed by atoms with Crippen LogP contribution < -0.4 is 0 Å². The van der Waals surface area contributed by atoms with Crippen molar-refractivity contribution < 1.29 is 9.59 Å². The molecule has 0 radical (unpaired) electrons. The Balaban J connectivity index is 2.12. The lowest BCUT2D eigenvalue weighted by Crippen LogP contribution is -2.77. The van der Waals surface area contributed by atoms with Crippen molar-refractivity contribution in [1.29, 1.82) is 0 Å². The molecule has 0 aromatic carbocycles. The van der Waals surface area contributed by atoms with Gasteiger partial charge in [0.15, 0.2) is 6.23 Å². The summed E-state index contributed by atoms with van der Waals surface area (Å²) >= 11 is 0. The minimum absolute atomic E-state index is 0.126. The fourth-order valence-corrected chi connectivity index (χ4v) is 6.30. The standard InChI is InChI=1S/C13H24NO/c1-11-5-12(2)7-13(3,6-11)10(15)14(4,8-11)9-12/h10,15H,5-9H2,1-4H3/q+1. The third kappa shape index (κ3) is 1.13. The summed E-state index contributed by atoms with van der Waals surface area (Å²) in [6, 6.07) is 0. The van der Waals surface area contributed by atoms with Gasteiger partial charge in [-0.15, -0.1) is 0 Å². The van der Waals surface area contributed by atoms with Gasteiger partial charge >= 0.3 is 0 Å². The fraction of sp³-hybridized carbons (Fsp3) is 1.00. The Kier molecular flexibility index (Phi) is 1.54. The van der Waals surface area contributed by atoms with E-state index in [1.165, 1.54) is 32.4 Å². The Bertz CT molecular complexity index is 280. The number of hydrogen-bond donors (Lipinski definition) is 1. The highest BCUT2D eigenvalue weighted by molar-refractivity contribution is 5.06. The number of hydrogen-bond acceptors (Lipinski definition) is 1. The van der Waals surface area contributed by atoms with Crippen LogP contribution in [0.2, 0.25) is 0 Å². The third-order valence-corrected chi connectivity index (χ3v) is 5.21. The molecule has 3 heterocycles. The lowest BCUT2D eigenvalue weighted by molar-refractivity contribution is -0.994. The van der Waals surface area contributed by atoms with Gasteiger partial charge in [0.25, 0.3) is 0 Å². The minimum atomic E-state index is -0.126. The molecule has 3 unspecified atom stereocenters. The monoisotopic (exact) mass is 210 g/mol. The predicted octanol–water partition coefficient (Wildman–Crippen LogP) is 1.98. The molecule has 4 fully saturated rings. The van der Waals surface area contributed by atoms with Gasteiger partial charge in [0.2, 0.25) is 0 Å². The van der Waals surface area contributed by atoms with Crippen molar-refractivity contribution in [2.24, 2.45) is 16.2 Å². The number of aliphatic hydroxyl groups is 1. The topological polar surface area (TPSA) is 20.2 Å². The number of rotatable bonds is 0. The lowest BCUT2D eigenvalue weighted by atomic mass is 9.47. The van der Waals surface area contributed by atoms with Crippen molar-refractivity contribution in [1.82, 2.24) is 0 Å². The first-order chi connectivity index (χ1) is 6.69. The molecule has 0 aromatic heterocycles. The second kappa shape index (κ2) is 2.28. The Hall–Kier alpha value is -0.0800. The molecule has 4 aliphatic rings. The summed E-state index contributed by atoms with van der Waals surface area (Å²) in [5.74, 6) is 0. The molecule has 2 nitrogen and oxygen atoms in total. The number of piperidine rings is 3. The van der Waals surface area contributed by atoms with Crippen LogP contribution in [0.4, 0.5) is 0 Å². The second-order valence-corrected chi connectivity index (χ2v) is 7.97. The molecule has 3 saturated heterocycles. The van der Waals surface area contributed by atoms with Gasteiger partial charge in [-0.05, 0) is 19.3 Å². The average molecular weight is 210 g/mol. The Morgan fingerprint density at radius 1 is 1.00 bits per heavy atom. The van der Waals surface area contributed by atoms with Gasteiger partial charge in [0, 0.05) is 16.2 Å². The van der Waals surface area contributed by atoms with Crippen LogP contribution in [0.25, 0.3) is 0 Å². The number of quaternary nitrogens is 1. The third-order valence-electron chi connectivity index (χ3n) is 5.21. The molecule has 3 atom stereocenters. The Labute approximate surface area is 92.9 Å². The van der Waals surface area contributed by atoms with Crippen molar-refractivity contribution in [2.45, 2.75) is 46.3 Å². The van der Waals surface area contributed by atoms with Crippen LogP contribution in [0.3, 0.4) is 0 Å². The zero-order chi connectivity index (χ0) is 11.1. The fourth-order valence-electron chi connectivity index (χ4n) is 6.30. The highest BCUT2D eigenvalue weighted by Gasteiger charge is 2.68. The van der Waals surface area contributed by atoms with E-state index in [0.717, 1.165) is 4.48 Å². The summed E-state index contributed by atoms with van der Waals surface area (Å²) in [4.78, 5) is 0. The zero-order valence-electron chi connectivity index (χ0n) is 10.5. The van der Waals surface area contributed by atoms with Crippen LogP contribution in [0, 0.1) is 16.2 Å². The SMILES string of the molecule is CC12CC3(C)CC(C)(C1)C(O)[N+](C)(C2)C3. The lowest BCUT2D eigenvalue weighted by Gasteiger charge is -2.69. The van der Waals surface area contributed by atoms with Crippen LogP contribution in [0.1, 0.15) is 40.0 Å². The number of nitrogens with zero attached hydrogens (tertiary/aromatic N) is 1. The van der Waals surface area contributed by atoms with Gasteiger partial charge < -0.3 is 5.11 Å². The molecule has 1 saturated carbocycles. The van der Waals surface area contributed by atoms with Crippen molar-refractivity contribution >= 4 is 0 Å². The predicted molar refractivity (Wildman–Crippen MR) is 60.1 cm³/mol. The highest BCUT2D eigenvalue weighted by atomic mass is 16.3. The second-order valence-electron chi connectivity index (χ2n) is 7.97. The molecule has 86 valence electrons. The van der Waals surface area contributed by atoms with Gasteiger partial charge in [0.1, 0.15) is 0 Å². The zero-order valence-corrected chi connectivity index (χ0v) is 10.5. The molecule has 1 N–H and O–H groups in total. The molecule has 15 heavy (non-hydrogen) atoms. The molecule has 0 spiro atoms. The molecule has 3 aliphatic heterocycles. The summed E-state index contributed by atoms with van der Waals surface area (Å²) in [5.41, 5.74) is 1.13. The van der Waals surface area contributed by atoms with Crippen LogP contribution in [0.15, 0.2) is 0 Å². The Morgan fingerprint density at radius 2 is 1.47 bits per heavy atom. The van der Waals surface area contributed by atoms with Gasteiger partial charge in [-0.1, -0.05) is 20.8 Å². The van der Waals surface area contributed by atoms with E-state index in [4.69, 9.17) is 0 Å². The molecule has 1 aliphatic carbocycles. The molecule has 4 bridgehead atoms. The molecule has 0 amide bonds. The van der Waals surface area contributed by atoms with Crippen LogP contribution in [0.5, 0.6) is 0 Å². The summed E-state index contributed by atoms with van der Waals surface area (Å²) in [7, 11) is 2.26. The molecule has 2 heteroatoms. The average Bonchev–Trinajstić information content (AvgIpc) is 1.93.